The molecule has 0 radical (unpaired) electrons. The van der Waals surface area contributed by atoms with Crippen LogP contribution in [0, 0.1) is 0 Å². The van der Waals surface area contributed by atoms with E-state index in [1.165, 1.54) is 12.7 Å². The zero-order chi connectivity index (χ0) is 25.6. The number of carbonyl (C=O) groups is 2. The van der Waals surface area contributed by atoms with Gasteiger partial charge in [0, 0.05) is 31.2 Å². The molecule has 3 atom stereocenters. The molecule has 0 bridgehead atoms. The van der Waals surface area contributed by atoms with Crippen molar-refractivity contribution in [1.29, 1.82) is 0 Å². The molecule has 2 aromatic carbocycles. The summed E-state index contributed by atoms with van der Waals surface area (Å²) >= 11 is 0. The second-order valence-corrected chi connectivity index (χ2v) is 9.86. The van der Waals surface area contributed by atoms with Crippen LogP contribution < -0.4 is 10.6 Å². The Morgan fingerprint density at radius 3 is 2.54 bits per heavy atom. The molecule has 1 aromatic heterocycles. The standard InChI is InChI=1S/C29H35N5O3/c1-37-29(36)32-24-14-8-9-15-25(24)34-20-31-26(27(34)22-12-6-3-7-13-22)28(35)33-17-16-30-19-23(33)18-21-10-4-2-5-11-21/h2-7,10-13,20,23-25,30H,8-9,14-19H2,1H3,(H,32,36)/t23-,24+,25+/m1/s1. The van der Waals surface area contributed by atoms with E-state index in [2.05, 4.69) is 27.3 Å². The van der Waals surface area contributed by atoms with Crippen LogP contribution in [0.3, 0.4) is 0 Å². The first-order valence-electron chi connectivity index (χ1n) is 13.2. The molecule has 37 heavy (non-hydrogen) atoms. The van der Waals surface area contributed by atoms with Crippen molar-refractivity contribution in [3.63, 3.8) is 0 Å². The summed E-state index contributed by atoms with van der Waals surface area (Å²) in [6.45, 7) is 2.13. The van der Waals surface area contributed by atoms with Crippen LogP contribution >= 0.6 is 0 Å². The Labute approximate surface area is 218 Å². The number of rotatable bonds is 6. The van der Waals surface area contributed by atoms with Crippen LogP contribution in [0.2, 0.25) is 0 Å². The fourth-order valence-corrected chi connectivity index (χ4v) is 5.71. The number of carbonyl (C=O) groups excluding carboxylic acids is 2. The predicted octanol–water partition coefficient (Wildman–Crippen LogP) is 4.05. The van der Waals surface area contributed by atoms with Gasteiger partial charge in [-0.15, -0.1) is 0 Å². The van der Waals surface area contributed by atoms with Crippen molar-refractivity contribution in [2.45, 2.75) is 50.2 Å². The van der Waals surface area contributed by atoms with Crippen molar-refractivity contribution in [1.82, 2.24) is 25.1 Å². The maximum atomic E-state index is 14.1. The van der Waals surface area contributed by atoms with E-state index in [-0.39, 0.29) is 24.0 Å². The van der Waals surface area contributed by atoms with E-state index in [0.717, 1.165) is 56.5 Å². The van der Waals surface area contributed by atoms with Crippen LogP contribution in [0.5, 0.6) is 0 Å². The maximum absolute atomic E-state index is 14.1. The molecule has 2 fully saturated rings. The van der Waals surface area contributed by atoms with E-state index >= 15 is 0 Å². The van der Waals surface area contributed by atoms with Gasteiger partial charge in [0.1, 0.15) is 0 Å². The van der Waals surface area contributed by atoms with Gasteiger partial charge in [0.2, 0.25) is 0 Å². The summed E-state index contributed by atoms with van der Waals surface area (Å²) in [6.07, 6.45) is 5.97. The van der Waals surface area contributed by atoms with Gasteiger partial charge in [-0.1, -0.05) is 73.5 Å². The van der Waals surface area contributed by atoms with Crippen LogP contribution in [0.4, 0.5) is 4.79 Å². The summed E-state index contributed by atoms with van der Waals surface area (Å²) in [4.78, 5) is 32.9. The largest absolute Gasteiger partial charge is 0.453 e. The third-order valence-electron chi connectivity index (χ3n) is 7.54. The van der Waals surface area contributed by atoms with Gasteiger partial charge in [-0.25, -0.2) is 9.78 Å². The Bertz CT molecular complexity index is 1200. The van der Waals surface area contributed by atoms with E-state index in [1.54, 1.807) is 6.33 Å². The number of hydrogen-bond donors (Lipinski definition) is 2. The zero-order valence-electron chi connectivity index (χ0n) is 21.3. The molecular weight excluding hydrogens is 466 g/mol. The third kappa shape index (κ3) is 5.54. The average Bonchev–Trinajstić information content (AvgIpc) is 3.39. The van der Waals surface area contributed by atoms with Crippen LogP contribution in [-0.4, -0.2) is 65.3 Å². The molecule has 2 heterocycles. The summed E-state index contributed by atoms with van der Waals surface area (Å²) in [5, 5.41) is 6.47. The summed E-state index contributed by atoms with van der Waals surface area (Å²) in [5.41, 5.74) is 3.43. The number of alkyl carbamates (subject to hydrolysis) is 1. The van der Waals surface area contributed by atoms with Gasteiger partial charge in [-0.3, -0.25) is 4.79 Å². The first-order chi connectivity index (χ1) is 18.2. The van der Waals surface area contributed by atoms with Gasteiger partial charge in [0.15, 0.2) is 5.69 Å². The lowest BCUT2D eigenvalue weighted by Crippen LogP contribution is -2.54. The van der Waals surface area contributed by atoms with Crippen molar-refractivity contribution in [3.8, 4) is 11.3 Å². The Balaban J connectivity index is 1.50. The van der Waals surface area contributed by atoms with E-state index < -0.39 is 6.09 Å². The second-order valence-electron chi connectivity index (χ2n) is 9.86. The number of ether oxygens (including phenoxy) is 1. The molecule has 8 heteroatoms. The number of nitrogens with one attached hydrogen (secondary N) is 2. The van der Waals surface area contributed by atoms with Gasteiger partial charge in [0.25, 0.3) is 5.91 Å². The number of aromatic nitrogens is 2. The first-order valence-corrected chi connectivity index (χ1v) is 13.2. The topological polar surface area (TPSA) is 88.5 Å². The van der Waals surface area contributed by atoms with Crippen LogP contribution in [0.25, 0.3) is 11.3 Å². The highest BCUT2D eigenvalue weighted by atomic mass is 16.5. The fourth-order valence-electron chi connectivity index (χ4n) is 5.71. The minimum absolute atomic E-state index is 0.0137. The van der Waals surface area contributed by atoms with Gasteiger partial charge in [-0.2, -0.15) is 0 Å². The summed E-state index contributed by atoms with van der Waals surface area (Å²) < 4.78 is 7.00. The Kier molecular flexibility index (Phi) is 7.84. The van der Waals surface area contributed by atoms with E-state index in [9.17, 15) is 9.59 Å². The lowest BCUT2D eigenvalue weighted by Gasteiger charge is -2.36. The summed E-state index contributed by atoms with van der Waals surface area (Å²) in [5.74, 6) is -0.0479. The predicted molar refractivity (Wildman–Crippen MR) is 142 cm³/mol. The number of nitrogens with zero attached hydrogens (tertiary/aromatic N) is 3. The molecule has 2 N–H and O–H groups in total. The molecule has 8 nitrogen and oxygen atoms in total. The quantitative estimate of drug-likeness (QED) is 0.532. The van der Waals surface area contributed by atoms with Crippen molar-refractivity contribution >= 4 is 12.0 Å². The molecule has 0 spiro atoms. The highest BCUT2D eigenvalue weighted by Gasteiger charge is 2.35. The SMILES string of the molecule is COC(=O)N[C@H]1CCCC[C@@H]1n1cnc(C(=O)N2CCNC[C@H]2Cc2ccccc2)c1-c1ccccc1. The number of benzene rings is 2. The van der Waals surface area contributed by atoms with Crippen LogP contribution in [-0.2, 0) is 11.2 Å². The second kappa shape index (κ2) is 11.6. The van der Waals surface area contributed by atoms with Crippen molar-refractivity contribution in [2.24, 2.45) is 0 Å². The Morgan fingerprint density at radius 1 is 1.05 bits per heavy atom. The highest BCUT2D eigenvalue weighted by molar-refractivity contribution is 5.98. The number of piperazine rings is 1. The van der Waals surface area contributed by atoms with Gasteiger partial charge >= 0.3 is 6.09 Å². The number of amides is 2. The highest BCUT2D eigenvalue weighted by Crippen LogP contribution is 2.35. The van der Waals surface area contributed by atoms with Gasteiger partial charge < -0.3 is 24.8 Å². The molecule has 1 aliphatic carbocycles. The molecule has 1 aliphatic heterocycles. The van der Waals surface area contributed by atoms with Crippen LogP contribution in [0.15, 0.2) is 67.0 Å². The fraction of sp³-hybridized carbons (Fsp3) is 0.414. The number of imidazole rings is 1. The third-order valence-corrected chi connectivity index (χ3v) is 7.54. The monoisotopic (exact) mass is 501 g/mol. The normalized spacial score (nSPS) is 21.9. The Hall–Kier alpha value is -3.65. The molecule has 3 aromatic rings. The zero-order valence-corrected chi connectivity index (χ0v) is 21.3. The minimum atomic E-state index is -0.431. The number of hydrogen-bond acceptors (Lipinski definition) is 5. The number of methoxy groups -OCH3 is 1. The van der Waals surface area contributed by atoms with Crippen molar-refractivity contribution in [2.75, 3.05) is 26.7 Å². The smallest absolute Gasteiger partial charge is 0.407 e. The summed E-state index contributed by atoms with van der Waals surface area (Å²) in [7, 11) is 1.38. The molecule has 5 rings (SSSR count). The van der Waals surface area contributed by atoms with Crippen molar-refractivity contribution in [3.05, 3.63) is 78.2 Å². The molecule has 2 amide bonds. The molecule has 1 saturated heterocycles. The molecule has 1 saturated carbocycles. The molecular formula is C29H35N5O3. The molecule has 0 unspecified atom stereocenters. The van der Waals surface area contributed by atoms with Crippen LogP contribution in [0.1, 0.15) is 47.8 Å². The minimum Gasteiger partial charge on any atom is -0.453 e. The van der Waals surface area contributed by atoms with Gasteiger partial charge in [0.05, 0.1) is 31.2 Å². The van der Waals surface area contributed by atoms with Crippen molar-refractivity contribution < 1.29 is 14.3 Å². The van der Waals surface area contributed by atoms with E-state index in [0.29, 0.717) is 12.2 Å². The van der Waals surface area contributed by atoms with Gasteiger partial charge in [-0.05, 0) is 24.8 Å². The maximum Gasteiger partial charge on any atom is 0.407 e. The van der Waals surface area contributed by atoms with E-state index in [1.807, 2.05) is 53.4 Å². The first kappa shape index (κ1) is 25.0. The van der Waals surface area contributed by atoms with E-state index in [4.69, 9.17) is 9.72 Å². The summed E-state index contributed by atoms with van der Waals surface area (Å²) in [6, 6.07) is 20.2. The Morgan fingerprint density at radius 2 is 1.78 bits per heavy atom. The lowest BCUT2D eigenvalue weighted by molar-refractivity contribution is 0.0631. The average molecular weight is 502 g/mol. The molecule has 194 valence electrons. The molecule has 2 aliphatic rings. The lowest BCUT2D eigenvalue weighted by atomic mass is 9.89.